The third kappa shape index (κ3) is 3.28. The van der Waals surface area contributed by atoms with E-state index in [1.54, 1.807) is 11.3 Å². The van der Waals surface area contributed by atoms with Crippen LogP contribution in [0.5, 0.6) is 0 Å². The van der Waals surface area contributed by atoms with Crippen LogP contribution in [-0.2, 0) is 17.6 Å². The van der Waals surface area contributed by atoms with Gasteiger partial charge in [-0.15, -0.1) is 11.3 Å². The summed E-state index contributed by atoms with van der Waals surface area (Å²) in [4.78, 5) is 13.5. The molecule has 5 heteroatoms. The number of nitrogens with one attached hydrogen (secondary N) is 1. The summed E-state index contributed by atoms with van der Waals surface area (Å²) >= 11 is 1.55. The number of nitrogens with zero attached hydrogens (tertiary/aromatic N) is 1. The van der Waals surface area contributed by atoms with E-state index in [0.29, 0.717) is 16.5 Å². The third-order valence-electron chi connectivity index (χ3n) is 4.42. The van der Waals surface area contributed by atoms with E-state index >= 15 is 0 Å². The second-order valence-electron chi connectivity index (χ2n) is 6.07. The molecule has 114 valence electrons. The van der Waals surface area contributed by atoms with Gasteiger partial charge in [-0.2, -0.15) is 5.26 Å². The number of nitriles is 1. The molecular formula is C16H23N3OS. The van der Waals surface area contributed by atoms with Gasteiger partial charge in [0.25, 0.3) is 0 Å². The van der Waals surface area contributed by atoms with Gasteiger partial charge in [0.05, 0.1) is 11.6 Å². The lowest BCUT2D eigenvalue weighted by molar-refractivity contribution is -0.118. The van der Waals surface area contributed by atoms with E-state index in [1.807, 2.05) is 13.8 Å². The van der Waals surface area contributed by atoms with Crippen molar-refractivity contribution >= 4 is 22.2 Å². The molecule has 0 aromatic carbocycles. The monoisotopic (exact) mass is 305 g/mol. The Bertz CT molecular complexity index is 573. The Labute approximate surface area is 130 Å². The second-order valence-corrected chi connectivity index (χ2v) is 7.17. The maximum atomic E-state index is 12.2. The average Bonchev–Trinajstić information content (AvgIpc) is 2.81. The number of hydrogen-bond donors (Lipinski definition) is 2. The Morgan fingerprint density at radius 3 is 2.95 bits per heavy atom. The molecule has 0 saturated carbocycles. The fraction of sp³-hybridized carbons (Fsp3) is 0.625. The molecular weight excluding hydrogens is 282 g/mol. The van der Waals surface area contributed by atoms with Gasteiger partial charge >= 0.3 is 0 Å². The summed E-state index contributed by atoms with van der Waals surface area (Å²) in [6.07, 6.45) is 3.90. The fourth-order valence-corrected chi connectivity index (χ4v) is 4.03. The van der Waals surface area contributed by atoms with Gasteiger partial charge in [-0.1, -0.05) is 27.2 Å². The molecule has 1 aromatic rings. The first-order chi connectivity index (χ1) is 9.97. The smallest absolute Gasteiger partial charge is 0.242 e. The average molecular weight is 305 g/mol. The predicted octanol–water partition coefficient (Wildman–Crippen LogP) is 3.06. The van der Waals surface area contributed by atoms with Gasteiger partial charge in [-0.3, -0.25) is 4.79 Å². The maximum absolute atomic E-state index is 12.2. The Morgan fingerprint density at radius 2 is 2.33 bits per heavy atom. The van der Waals surface area contributed by atoms with Crippen LogP contribution in [-0.4, -0.2) is 11.9 Å². The minimum atomic E-state index is -0.528. The lowest BCUT2D eigenvalue weighted by atomic mass is 9.88. The van der Waals surface area contributed by atoms with E-state index in [4.69, 9.17) is 5.73 Å². The molecule has 1 aliphatic carbocycles. The number of amides is 1. The molecule has 0 spiro atoms. The molecule has 0 saturated heterocycles. The SMILES string of the molecule is CC[C@H](C)[C@H](N)C(=O)Nc1sc2c(c1C#N)CCC(C)C2. The normalized spacial score (nSPS) is 20.2. The molecule has 4 nitrogen and oxygen atoms in total. The molecule has 0 fully saturated rings. The van der Waals surface area contributed by atoms with Crippen LogP contribution in [0.3, 0.4) is 0 Å². The molecule has 1 aliphatic rings. The Balaban J connectivity index is 2.21. The number of anilines is 1. The number of rotatable bonds is 4. The molecule has 3 atom stereocenters. The van der Waals surface area contributed by atoms with E-state index < -0.39 is 6.04 Å². The zero-order valence-corrected chi connectivity index (χ0v) is 13.7. The van der Waals surface area contributed by atoms with E-state index in [0.717, 1.165) is 31.2 Å². The number of carbonyl (C=O) groups excluding carboxylic acids is 1. The van der Waals surface area contributed by atoms with Crippen LogP contribution >= 0.6 is 11.3 Å². The number of hydrogen-bond acceptors (Lipinski definition) is 4. The Hall–Kier alpha value is -1.38. The van der Waals surface area contributed by atoms with Crippen LogP contribution in [0.25, 0.3) is 0 Å². The predicted molar refractivity (Wildman–Crippen MR) is 86.3 cm³/mol. The molecule has 0 bridgehead atoms. The summed E-state index contributed by atoms with van der Waals surface area (Å²) in [7, 11) is 0. The van der Waals surface area contributed by atoms with Crippen molar-refractivity contribution in [2.45, 2.75) is 52.5 Å². The van der Waals surface area contributed by atoms with E-state index in [9.17, 15) is 10.1 Å². The second kappa shape index (κ2) is 6.59. The summed E-state index contributed by atoms with van der Waals surface area (Å²) < 4.78 is 0. The van der Waals surface area contributed by atoms with Crippen molar-refractivity contribution in [3.05, 3.63) is 16.0 Å². The van der Waals surface area contributed by atoms with Crippen LogP contribution in [0.2, 0.25) is 0 Å². The van der Waals surface area contributed by atoms with Crippen molar-refractivity contribution in [3.63, 3.8) is 0 Å². The molecule has 3 N–H and O–H groups in total. The molecule has 1 amide bonds. The van der Waals surface area contributed by atoms with Crippen molar-refractivity contribution in [2.75, 3.05) is 5.32 Å². The topological polar surface area (TPSA) is 78.9 Å². The van der Waals surface area contributed by atoms with E-state index in [-0.39, 0.29) is 11.8 Å². The zero-order chi connectivity index (χ0) is 15.6. The lowest BCUT2D eigenvalue weighted by Crippen LogP contribution is -2.40. The lowest BCUT2D eigenvalue weighted by Gasteiger charge is -2.17. The third-order valence-corrected chi connectivity index (χ3v) is 5.59. The summed E-state index contributed by atoms with van der Waals surface area (Å²) in [6.45, 7) is 6.21. The molecule has 2 rings (SSSR count). The highest BCUT2D eigenvalue weighted by Gasteiger charge is 2.26. The summed E-state index contributed by atoms with van der Waals surface area (Å²) in [5, 5.41) is 13.0. The van der Waals surface area contributed by atoms with Gasteiger partial charge < -0.3 is 11.1 Å². The molecule has 1 aromatic heterocycles. The number of thiophene rings is 1. The molecule has 21 heavy (non-hydrogen) atoms. The highest BCUT2D eigenvalue weighted by molar-refractivity contribution is 7.16. The highest BCUT2D eigenvalue weighted by Crippen LogP contribution is 2.39. The van der Waals surface area contributed by atoms with Gasteiger partial charge in [-0.25, -0.2) is 0 Å². The number of fused-ring (bicyclic) bond motifs is 1. The first-order valence-electron chi connectivity index (χ1n) is 7.58. The largest absolute Gasteiger partial charge is 0.320 e. The van der Waals surface area contributed by atoms with Crippen LogP contribution in [0.1, 0.15) is 49.6 Å². The summed E-state index contributed by atoms with van der Waals surface area (Å²) in [5.74, 6) is 0.589. The Morgan fingerprint density at radius 1 is 1.62 bits per heavy atom. The number of carbonyl (C=O) groups is 1. The first kappa shape index (κ1) is 16.0. The van der Waals surface area contributed by atoms with Gasteiger partial charge in [0.1, 0.15) is 11.1 Å². The van der Waals surface area contributed by atoms with Crippen molar-refractivity contribution in [3.8, 4) is 6.07 Å². The maximum Gasteiger partial charge on any atom is 0.242 e. The van der Waals surface area contributed by atoms with E-state index in [2.05, 4.69) is 18.3 Å². The standard InChI is InChI=1S/C16H23N3OS/c1-4-10(3)14(18)15(20)19-16-12(8-17)11-6-5-9(2)7-13(11)21-16/h9-10,14H,4-7,18H2,1-3H3,(H,19,20)/t9?,10-,14-/m0/s1. The molecule has 1 heterocycles. The fourth-order valence-electron chi connectivity index (χ4n) is 2.66. The van der Waals surface area contributed by atoms with Crippen LogP contribution in [0.15, 0.2) is 0 Å². The van der Waals surface area contributed by atoms with Crippen molar-refractivity contribution in [2.24, 2.45) is 17.6 Å². The highest BCUT2D eigenvalue weighted by atomic mass is 32.1. The first-order valence-corrected chi connectivity index (χ1v) is 8.40. The molecule has 0 aliphatic heterocycles. The van der Waals surface area contributed by atoms with Gasteiger partial charge in [0, 0.05) is 4.88 Å². The molecule has 0 radical (unpaired) electrons. The zero-order valence-electron chi connectivity index (χ0n) is 12.9. The quantitative estimate of drug-likeness (QED) is 0.897. The van der Waals surface area contributed by atoms with Crippen LogP contribution in [0.4, 0.5) is 5.00 Å². The van der Waals surface area contributed by atoms with Crippen LogP contribution in [0, 0.1) is 23.2 Å². The van der Waals surface area contributed by atoms with E-state index in [1.165, 1.54) is 4.88 Å². The summed E-state index contributed by atoms with van der Waals surface area (Å²) in [5.41, 5.74) is 7.74. The van der Waals surface area contributed by atoms with Crippen LogP contribution < -0.4 is 11.1 Å². The van der Waals surface area contributed by atoms with Gasteiger partial charge in [0.15, 0.2) is 0 Å². The van der Waals surface area contributed by atoms with Gasteiger partial charge in [0.2, 0.25) is 5.91 Å². The van der Waals surface area contributed by atoms with Crippen molar-refractivity contribution in [1.82, 2.24) is 0 Å². The van der Waals surface area contributed by atoms with Gasteiger partial charge in [-0.05, 0) is 36.7 Å². The minimum absolute atomic E-state index is 0.130. The number of nitrogens with two attached hydrogens (primary N) is 1. The summed E-state index contributed by atoms with van der Waals surface area (Å²) in [6, 6.07) is 1.73. The molecule has 1 unspecified atom stereocenters. The van der Waals surface area contributed by atoms with Crippen molar-refractivity contribution in [1.29, 1.82) is 5.26 Å². The van der Waals surface area contributed by atoms with Crippen molar-refractivity contribution < 1.29 is 4.79 Å². The Kier molecular flexibility index (Phi) is 5.02. The minimum Gasteiger partial charge on any atom is -0.320 e.